The number of rotatable bonds is 5. The number of carbonyl (C=O) groups is 1. The molecule has 4 aromatic rings. The van der Waals surface area contributed by atoms with E-state index in [0.29, 0.717) is 23.6 Å². The molecule has 0 aliphatic heterocycles. The number of hydrogen-bond donors (Lipinski definition) is 2. The van der Waals surface area contributed by atoms with Crippen LogP contribution in [0.1, 0.15) is 11.4 Å². The molecule has 0 bridgehead atoms. The van der Waals surface area contributed by atoms with Gasteiger partial charge >= 0.3 is 0 Å². The van der Waals surface area contributed by atoms with E-state index in [1.807, 2.05) is 60.7 Å². The van der Waals surface area contributed by atoms with E-state index in [0.717, 1.165) is 11.1 Å². The summed E-state index contributed by atoms with van der Waals surface area (Å²) in [6.45, 7) is 0.431. The number of aromatic amines is 1. The summed E-state index contributed by atoms with van der Waals surface area (Å²) in [5.74, 6) is 0.175. The second-order valence-corrected chi connectivity index (χ2v) is 6.10. The molecular weight excluding hydrogens is 342 g/mol. The summed E-state index contributed by atoms with van der Waals surface area (Å²) in [4.78, 5) is 24.4. The van der Waals surface area contributed by atoms with Crippen LogP contribution in [0.15, 0.2) is 71.5 Å². The molecule has 0 atom stereocenters. The fourth-order valence-electron chi connectivity index (χ4n) is 2.83. The molecule has 0 radical (unpaired) electrons. The van der Waals surface area contributed by atoms with E-state index in [1.165, 1.54) is 4.52 Å². The minimum atomic E-state index is -0.349. The summed E-state index contributed by atoms with van der Waals surface area (Å²) < 4.78 is 1.43. The Morgan fingerprint density at radius 2 is 1.74 bits per heavy atom. The first-order valence-electron chi connectivity index (χ1n) is 8.54. The van der Waals surface area contributed by atoms with Crippen LogP contribution in [0.5, 0.6) is 0 Å². The zero-order valence-electron chi connectivity index (χ0n) is 14.4. The third kappa shape index (κ3) is 3.62. The van der Waals surface area contributed by atoms with Gasteiger partial charge in [0.1, 0.15) is 5.52 Å². The van der Waals surface area contributed by atoms with Gasteiger partial charge in [-0.3, -0.25) is 9.59 Å². The minimum Gasteiger partial charge on any atom is -0.352 e. The molecule has 2 heterocycles. The monoisotopic (exact) mass is 359 g/mol. The van der Waals surface area contributed by atoms with Gasteiger partial charge in [0.2, 0.25) is 5.91 Å². The molecule has 0 fully saturated rings. The maximum absolute atomic E-state index is 12.3. The van der Waals surface area contributed by atoms with Crippen LogP contribution < -0.4 is 10.9 Å². The second-order valence-electron chi connectivity index (χ2n) is 6.10. The third-order valence-corrected chi connectivity index (χ3v) is 4.19. The molecule has 0 aliphatic rings. The van der Waals surface area contributed by atoms with Crippen LogP contribution in [0, 0.1) is 0 Å². The van der Waals surface area contributed by atoms with Gasteiger partial charge in [-0.1, -0.05) is 60.7 Å². The van der Waals surface area contributed by atoms with E-state index in [4.69, 9.17) is 0 Å². The van der Waals surface area contributed by atoms with Crippen molar-refractivity contribution in [3.63, 3.8) is 0 Å². The Kier molecular flexibility index (Phi) is 4.49. The van der Waals surface area contributed by atoms with Gasteiger partial charge in [-0.05, 0) is 11.6 Å². The highest BCUT2D eigenvalue weighted by Gasteiger charge is 2.14. The highest BCUT2D eigenvalue weighted by molar-refractivity contribution is 5.78. The van der Waals surface area contributed by atoms with E-state index in [2.05, 4.69) is 20.6 Å². The number of benzene rings is 2. The van der Waals surface area contributed by atoms with Crippen molar-refractivity contribution in [2.45, 2.75) is 13.0 Å². The Hall–Kier alpha value is -3.74. The average molecular weight is 359 g/mol. The summed E-state index contributed by atoms with van der Waals surface area (Å²) in [6.07, 6.45) is 0.00994. The Morgan fingerprint density at radius 1 is 1.04 bits per heavy atom. The number of nitrogens with one attached hydrogen (secondary N) is 2. The fourth-order valence-corrected chi connectivity index (χ4v) is 2.83. The van der Waals surface area contributed by atoms with Crippen LogP contribution in [-0.2, 0) is 17.8 Å². The van der Waals surface area contributed by atoms with Crippen LogP contribution in [-0.4, -0.2) is 25.7 Å². The van der Waals surface area contributed by atoms with Gasteiger partial charge in [-0.15, -0.1) is 0 Å². The van der Waals surface area contributed by atoms with Crippen LogP contribution in [0.4, 0.5) is 0 Å². The number of amides is 1. The number of aromatic nitrogens is 4. The lowest BCUT2D eigenvalue weighted by Gasteiger charge is -2.06. The summed E-state index contributed by atoms with van der Waals surface area (Å²) in [7, 11) is 0. The Morgan fingerprint density at radius 3 is 2.48 bits per heavy atom. The van der Waals surface area contributed by atoms with Crippen molar-refractivity contribution in [1.82, 2.24) is 25.1 Å². The molecule has 27 heavy (non-hydrogen) atoms. The molecule has 0 unspecified atom stereocenters. The summed E-state index contributed by atoms with van der Waals surface area (Å²) in [5.41, 5.74) is 2.56. The van der Waals surface area contributed by atoms with Crippen molar-refractivity contribution in [2.24, 2.45) is 0 Å². The standard InChI is InChI=1S/C20H17N5O2/c26-19(21-13-14-7-3-1-4-8-14)12-18-22-23-20(27)17-11-16(24-25(17)18)15-9-5-2-6-10-15/h1-11H,12-13H2,(H,21,26)(H,23,27). The molecule has 1 amide bonds. The molecule has 0 spiro atoms. The lowest BCUT2D eigenvalue weighted by Crippen LogP contribution is -2.27. The first kappa shape index (κ1) is 16.7. The fraction of sp³-hybridized carbons (Fsp3) is 0.100. The van der Waals surface area contributed by atoms with E-state index in [1.54, 1.807) is 6.07 Å². The van der Waals surface area contributed by atoms with Crippen LogP contribution in [0.3, 0.4) is 0 Å². The van der Waals surface area contributed by atoms with Crippen molar-refractivity contribution in [1.29, 1.82) is 0 Å². The van der Waals surface area contributed by atoms with Crippen LogP contribution in [0.2, 0.25) is 0 Å². The lowest BCUT2D eigenvalue weighted by molar-refractivity contribution is -0.120. The normalized spacial score (nSPS) is 10.8. The molecule has 134 valence electrons. The van der Waals surface area contributed by atoms with Crippen molar-refractivity contribution >= 4 is 11.4 Å². The number of nitrogens with zero attached hydrogens (tertiary/aromatic N) is 3. The molecule has 2 aromatic heterocycles. The van der Waals surface area contributed by atoms with Crippen molar-refractivity contribution in [3.8, 4) is 11.3 Å². The first-order chi connectivity index (χ1) is 13.2. The van der Waals surface area contributed by atoms with Crippen LogP contribution in [0.25, 0.3) is 16.8 Å². The zero-order valence-corrected chi connectivity index (χ0v) is 14.4. The maximum atomic E-state index is 12.3. The molecule has 2 N–H and O–H groups in total. The third-order valence-electron chi connectivity index (χ3n) is 4.19. The van der Waals surface area contributed by atoms with E-state index in [9.17, 15) is 9.59 Å². The SMILES string of the molecule is O=C(Cc1n[nH]c(=O)c2cc(-c3ccccc3)nn12)NCc1ccccc1. The lowest BCUT2D eigenvalue weighted by atomic mass is 10.1. The van der Waals surface area contributed by atoms with Crippen molar-refractivity contribution in [3.05, 3.63) is 88.5 Å². The zero-order chi connectivity index (χ0) is 18.6. The predicted molar refractivity (Wildman–Crippen MR) is 101 cm³/mol. The molecule has 0 saturated heterocycles. The highest BCUT2D eigenvalue weighted by atomic mass is 16.1. The quantitative estimate of drug-likeness (QED) is 0.570. The topological polar surface area (TPSA) is 92.2 Å². The molecule has 0 aliphatic carbocycles. The Labute approximate surface area is 154 Å². The number of hydrogen-bond acceptors (Lipinski definition) is 4. The molecular formula is C20H17N5O2. The predicted octanol–water partition coefficient (Wildman–Crippen LogP) is 1.94. The van der Waals surface area contributed by atoms with E-state index in [-0.39, 0.29) is 17.9 Å². The van der Waals surface area contributed by atoms with Gasteiger partial charge in [-0.25, -0.2) is 9.61 Å². The smallest absolute Gasteiger partial charge is 0.290 e. The van der Waals surface area contributed by atoms with Crippen molar-refractivity contribution in [2.75, 3.05) is 0 Å². The van der Waals surface area contributed by atoms with Gasteiger partial charge in [0.25, 0.3) is 5.56 Å². The van der Waals surface area contributed by atoms with E-state index >= 15 is 0 Å². The highest BCUT2D eigenvalue weighted by Crippen LogP contribution is 2.18. The van der Waals surface area contributed by atoms with Gasteiger partial charge in [0, 0.05) is 12.1 Å². The Bertz CT molecular complexity index is 1130. The number of carbonyl (C=O) groups excluding carboxylic acids is 1. The van der Waals surface area contributed by atoms with Gasteiger partial charge in [0.05, 0.1) is 12.1 Å². The van der Waals surface area contributed by atoms with Crippen LogP contribution >= 0.6 is 0 Å². The largest absolute Gasteiger partial charge is 0.352 e. The van der Waals surface area contributed by atoms with Crippen molar-refractivity contribution < 1.29 is 4.79 Å². The van der Waals surface area contributed by atoms with E-state index < -0.39 is 0 Å². The molecule has 0 saturated carbocycles. The summed E-state index contributed by atoms with van der Waals surface area (Å²) >= 11 is 0. The second kappa shape index (κ2) is 7.25. The van der Waals surface area contributed by atoms with Gasteiger partial charge in [0.15, 0.2) is 5.82 Å². The maximum Gasteiger partial charge on any atom is 0.290 e. The average Bonchev–Trinajstić information content (AvgIpc) is 3.17. The number of fused-ring (bicyclic) bond motifs is 1. The molecule has 7 heteroatoms. The Balaban J connectivity index is 1.58. The molecule has 2 aromatic carbocycles. The van der Waals surface area contributed by atoms with Gasteiger partial charge in [-0.2, -0.15) is 10.2 Å². The molecule has 4 rings (SSSR count). The molecule has 7 nitrogen and oxygen atoms in total. The minimum absolute atomic E-state index is 0.00994. The van der Waals surface area contributed by atoms with Gasteiger partial charge < -0.3 is 5.32 Å². The summed E-state index contributed by atoms with van der Waals surface area (Å²) in [6, 6.07) is 20.9. The summed E-state index contributed by atoms with van der Waals surface area (Å²) in [5, 5.41) is 13.8. The number of H-pyrrole nitrogens is 1. The first-order valence-corrected chi connectivity index (χ1v) is 8.54.